The van der Waals surface area contributed by atoms with Gasteiger partial charge in [0.2, 0.25) is 5.91 Å². The van der Waals surface area contributed by atoms with Crippen LogP contribution >= 0.6 is 23.1 Å². The van der Waals surface area contributed by atoms with Crippen molar-refractivity contribution in [2.75, 3.05) is 10.7 Å². The molecular formula is C25H31N3O2S2. The molecule has 0 radical (unpaired) electrons. The average molecular weight is 470 g/mol. The second-order valence-corrected chi connectivity index (χ2v) is 11.1. The van der Waals surface area contributed by atoms with Crippen molar-refractivity contribution in [2.45, 2.75) is 71.1 Å². The van der Waals surface area contributed by atoms with Crippen LogP contribution in [0.2, 0.25) is 0 Å². The minimum atomic E-state index is 0.0205. The van der Waals surface area contributed by atoms with Crippen molar-refractivity contribution >= 4 is 44.9 Å². The van der Waals surface area contributed by atoms with Gasteiger partial charge in [0, 0.05) is 23.2 Å². The number of amides is 1. The molecule has 5 nitrogen and oxygen atoms in total. The molecule has 0 saturated heterocycles. The van der Waals surface area contributed by atoms with E-state index in [2.05, 4.69) is 13.8 Å². The largest absolute Gasteiger partial charge is 0.309 e. The number of fused-ring (bicyclic) bond motifs is 3. The number of carbonyl (C=O) groups excluding carboxylic acids is 1. The number of hydrogen-bond acceptors (Lipinski definition) is 5. The summed E-state index contributed by atoms with van der Waals surface area (Å²) in [5.74, 6) is 0.578. The number of aryl methyl sites for hydroxylation is 2. The summed E-state index contributed by atoms with van der Waals surface area (Å²) in [6.45, 7) is 8.86. The molecule has 2 aromatic heterocycles. The summed E-state index contributed by atoms with van der Waals surface area (Å²) in [6.07, 6.45) is 4.33. The second kappa shape index (κ2) is 9.79. The number of para-hydroxylation sites is 1. The fraction of sp³-hybridized carbons (Fsp3) is 0.480. The highest BCUT2D eigenvalue weighted by Crippen LogP contribution is 2.35. The lowest BCUT2D eigenvalue weighted by Gasteiger charge is -2.27. The van der Waals surface area contributed by atoms with Crippen molar-refractivity contribution in [3.8, 4) is 0 Å². The lowest BCUT2D eigenvalue weighted by atomic mass is 9.97. The topological polar surface area (TPSA) is 55.2 Å². The zero-order chi connectivity index (χ0) is 22.8. The molecule has 170 valence electrons. The molecule has 0 bridgehead atoms. The smallest absolute Gasteiger partial charge is 0.263 e. The Kier molecular flexibility index (Phi) is 7.05. The van der Waals surface area contributed by atoms with Crippen LogP contribution in [0.15, 0.2) is 40.3 Å². The van der Waals surface area contributed by atoms with E-state index in [4.69, 9.17) is 4.98 Å². The molecule has 0 unspecified atom stereocenters. The van der Waals surface area contributed by atoms with Gasteiger partial charge >= 0.3 is 0 Å². The number of anilines is 1. The minimum Gasteiger partial charge on any atom is -0.309 e. The van der Waals surface area contributed by atoms with Gasteiger partial charge < -0.3 is 4.90 Å². The molecule has 4 rings (SSSR count). The maximum Gasteiger partial charge on any atom is 0.263 e. The molecule has 0 saturated carbocycles. The first-order valence-electron chi connectivity index (χ1n) is 11.4. The van der Waals surface area contributed by atoms with E-state index in [1.807, 2.05) is 49.1 Å². The van der Waals surface area contributed by atoms with Gasteiger partial charge in [0.05, 0.1) is 11.1 Å². The predicted octanol–water partition coefficient (Wildman–Crippen LogP) is 5.53. The van der Waals surface area contributed by atoms with Crippen molar-refractivity contribution in [3.05, 3.63) is 51.1 Å². The van der Waals surface area contributed by atoms with E-state index in [1.54, 1.807) is 15.9 Å². The summed E-state index contributed by atoms with van der Waals surface area (Å²) in [5.41, 5.74) is 2.16. The van der Waals surface area contributed by atoms with Gasteiger partial charge in [0.25, 0.3) is 5.56 Å². The molecule has 1 amide bonds. The van der Waals surface area contributed by atoms with Gasteiger partial charge in [-0.3, -0.25) is 14.2 Å². The molecule has 2 heterocycles. The molecule has 1 aliphatic carbocycles. The van der Waals surface area contributed by atoms with E-state index in [-0.39, 0.29) is 23.3 Å². The number of thiophene rings is 1. The Bertz CT molecular complexity index is 1170. The number of aromatic nitrogens is 2. The fourth-order valence-electron chi connectivity index (χ4n) is 4.37. The Hall–Kier alpha value is -2.12. The van der Waals surface area contributed by atoms with Crippen molar-refractivity contribution in [3.63, 3.8) is 0 Å². The summed E-state index contributed by atoms with van der Waals surface area (Å²) in [7, 11) is 0. The normalized spacial score (nSPS) is 13.7. The number of nitrogens with zero attached hydrogens (tertiary/aromatic N) is 3. The van der Waals surface area contributed by atoms with Crippen molar-refractivity contribution in [1.29, 1.82) is 0 Å². The quantitative estimate of drug-likeness (QED) is 0.337. The van der Waals surface area contributed by atoms with Gasteiger partial charge in [-0.05, 0) is 63.1 Å². The number of carbonyl (C=O) groups is 1. The van der Waals surface area contributed by atoms with Crippen LogP contribution in [0.25, 0.3) is 10.2 Å². The third-order valence-corrected chi connectivity index (χ3v) is 7.88. The molecule has 7 heteroatoms. The third-order valence-electron chi connectivity index (χ3n) is 5.73. The monoisotopic (exact) mass is 469 g/mol. The van der Waals surface area contributed by atoms with Crippen LogP contribution in [0.4, 0.5) is 5.69 Å². The lowest BCUT2D eigenvalue weighted by molar-refractivity contribution is -0.116. The minimum absolute atomic E-state index is 0.0205. The van der Waals surface area contributed by atoms with E-state index in [1.165, 1.54) is 28.6 Å². The summed E-state index contributed by atoms with van der Waals surface area (Å²) in [4.78, 5) is 35.6. The maximum absolute atomic E-state index is 13.5. The van der Waals surface area contributed by atoms with Gasteiger partial charge in [-0.2, -0.15) is 0 Å². The Labute approximate surface area is 197 Å². The zero-order valence-electron chi connectivity index (χ0n) is 19.3. The summed E-state index contributed by atoms with van der Waals surface area (Å²) in [5, 5.41) is 1.47. The molecule has 0 fully saturated rings. The number of rotatable bonds is 7. The van der Waals surface area contributed by atoms with Crippen molar-refractivity contribution < 1.29 is 4.79 Å². The van der Waals surface area contributed by atoms with Crippen LogP contribution in [-0.2, 0) is 24.2 Å². The van der Waals surface area contributed by atoms with Crippen molar-refractivity contribution in [2.24, 2.45) is 5.92 Å². The molecule has 0 N–H and O–H groups in total. The molecule has 32 heavy (non-hydrogen) atoms. The first-order valence-corrected chi connectivity index (χ1v) is 13.2. The van der Waals surface area contributed by atoms with Gasteiger partial charge in [-0.25, -0.2) is 4.98 Å². The standard InChI is InChI=1S/C25H31N3O2S2/c1-16(2)14-27-24(30)22-19-12-8-9-13-20(19)32-23(22)26-25(27)31-15-21(29)28(17(3)4)18-10-6-5-7-11-18/h5-7,10-11,16-17H,8-9,12-15H2,1-4H3. The van der Waals surface area contributed by atoms with Crippen LogP contribution < -0.4 is 10.5 Å². The lowest BCUT2D eigenvalue weighted by Crippen LogP contribution is -2.38. The first-order chi connectivity index (χ1) is 15.4. The number of hydrogen-bond donors (Lipinski definition) is 0. The van der Waals surface area contributed by atoms with Gasteiger partial charge in [0.15, 0.2) is 5.16 Å². The molecule has 3 aromatic rings. The molecule has 1 aliphatic rings. The van der Waals surface area contributed by atoms with Crippen LogP contribution in [0.5, 0.6) is 0 Å². The van der Waals surface area contributed by atoms with Gasteiger partial charge in [-0.15, -0.1) is 11.3 Å². The predicted molar refractivity (Wildman–Crippen MR) is 135 cm³/mol. The second-order valence-electron chi connectivity index (χ2n) is 9.08. The highest BCUT2D eigenvalue weighted by molar-refractivity contribution is 7.99. The number of thioether (sulfide) groups is 1. The van der Waals surface area contributed by atoms with E-state index in [0.29, 0.717) is 17.6 Å². The first kappa shape index (κ1) is 23.1. The Balaban J connectivity index is 1.67. The fourth-order valence-corrected chi connectivity index (χ4v) is 6.54. The molecular weight excluding hydrogens is 438 g/mol. The highest BCUT2D eigenvalue weighted by atomic mass is 32.2. The van der Waals surface area contributed by atoms with Gasteiger partial charge in [0.1, 0.15) is 4.83 Å². The highest BCUT2D eigenvalue weighted by Gasteiger charge is 2.24. The molecule has 0 aliphatic heterocycles. The Morgan fingerprint density at radius 3 is 2.56 bits per heavy atom. The van der Waals surface area contributed by atoms with Crippen LogP contribution in [0.1, 0.15) is 51.0 Å². The SMILES string of the molecule is CC(C)Cn1c(SCC(=O)N(c2ccccc2)C(C)C)nc2sc3c(c2c1=O)CCCC3. The summed E-state index contributed by atoms with van der Waals surface area (Å²) >= 11 is 3.04. The maximum atomic E-state index is 13.5. The molecule has 1 aromatic carbocycles. The summed E-state index contributed by atoms with van der Waals surface area (Å²) < 4.78 is 1.80. The Morgan fingerprint density at radius 2 is 1.88 bits per heavy atom. The van der Waals surface area contributed by atoms with Gasteiger partial charge in [-0.1, -0.05) is 43.8 Å². The summed E-state index contributed by atoms with van der Waals surface area (Å²) in [6, 6.07) is 9.79. The van der Waals surface area contributed by atoms with E-state index < -0.39 is 0 Å². The van der Waals surface area contributed by atoms with Crippen LogP contribution in [-0.4, -0.2) is 27.3 Å². The Morgan fingerprint density at radius 1 is 1.16 bits per heavy atom. The van der Waals surface area contributed by atoms with Crippen LogP contribution in [0, 0.1) is 5.92 Å². The number of benzene rings is 1. The van der Waals surface area contributed by atoms with E-state index in [0.717, 1.165) is 35.2 Å². The zero-order valence-corrected chi connectivity index (χ0v) is 20.9. The molecule has 0 spiro atoms. The van der Waals surface area contributed by atoms with Crippen molar-refractivity contribution in [1.82, 2.24) is 9.55 Å². The molecule has 0 atom stereocenters. The van der Waals surface area contributed by atoms with Crippen LogP contribution in [0.3, 0.4) is 0 Å². The van der Waals surface area contributed by atoms with E-state index in [9.17, 15) is 9.59 Å². The average Bonchev–Trinajstić information content (AvgIpc) is 3.13. The third kappa shape index (κ3) is 4.64. The van der Waals surface area contributed by atoms with E-state index >= 15 is 0 Å².